The molecule has 5 N–H and O–H groups in total. The van der Waals surface area contributed by atoms with Crippen LogP contribution in [0.4, 0.5) is 17.3 Å². The van der Waals surface area contributed by atoms with E-state index in [0.717, 1.165) is 13.0 Å². The van der Waals surface area contributed by atoms with Crippen molar-refractivity contribution >= 4 is 23.2 Å². The van der Waals surface area contributed by atoms with Crippen molar-refractivity contribution in [1.82, 2.24) is 15.4 Å². The van der Waals surface area contributed by atoms with E-state index >= 15 is 0 Å². The summed E-state index contributed by atoms with van der Waals surface area (Å²) < 4.78 is 5.05. The first-order valence-electron chi connectivity index (χ1n) is 7.20. The number of hydrogen-bond donors (Lipinski definition) is 4. The van der Waals surface area contributed by atoms with E-state index < -0.39 is 0 Å². The van der Waals surface area contributed by atoms with Gasteiger partial charge in [0, 0.05) is 12.1 Å². The largest absolute Gasteiger partial charge is 0.497 e. The Bertz CT molecular complexity index is 660. The number of methoxy groups -OCH3 is 1. The van der Waals surface area contributed by atoms with Gasteiger partial charge < -0.3 is 15.8 Å². The molecule has 0 spiro atoms. The van der Waals surface area contributed by atoms with E-state index in [1.807, 2.05) is 6.92 Å². The second-order valence-corrected chi connectivity index (χ2v) is 4.72. The Kier molecular flexibility index (Phi) is 5.56. The first-order valence-corrected chi connectivity index (χ1v) is 7.20. The molecule has 122 valence electrons. The minimum atomic E-state index is -0.311. The maximum absolute atomic E-state index is 12.1. The van der Waals surface area contributed by atoms with Gasteiger partial charge in [-0.25, -0.2) is 9.97 Å². The van der Waals surface area contributed by atoms with Crippen LogP contribution < -0.4 is 26.6 Å². The minimum Gasteiger partial charge on any atom is -0.497 e. The Morgan fingerprint density at radius 1 is 1.22 bits per heavy atom. The van der Waals surface area contributed by atoms with Crippen LogP contribution in [0.2, 0.25) is 0 Å². The lowest BCUT2D eigenvalue weighted by atomic mass is 10.2. The quantitative estimate of drug-likeness (QED) is 0.574. The second kappa shape index (κ2) is 7.83. The molecule has 1 heterocycles. The number of nitrogens with zero attached hydrogens (tertiary/aromatic N) is 2. The second-order valence-electron chi connectivity index (χ2n) is 4.72. The summed E-state index contributed by atoms with van der Waals surface area (Å²) in [6, 6.07) is 6.74. The van der Waals surface area contributed by atoms with Crippen molar-refractivity contribution in [3.63, 3.8) is 0 Å². The summed E-state index contributed by atoms with van der Waals surface area (Å²) in [5, 5.41) is 3.09. The van der Waals surface area contributed by atoms with Gasteiger partial charge in [0.25, 0.3) is 5.91 Å². The highest BCUT2D eigenvalue weighted by molar-refractivity contribution is 5.95. The lowest BCUT2D eigenvalue weighted by Crippen LogP contribution is -2.30. The molecule has 0 bridgehead atoms. The van der Waals surface area contributed by atoms with Crippen LogP contribution in [0.25, 0.3) is 0 Å². The molecule has 0 unspecified atom stereocenters. The SMILES string of the molecule is CCCNc1ncnc(NNC(=O)c2ccc(OC)cc2)c1N. The number of amides is 1. The van der Waals surface area contributed by atoms with E-state index in [-0.39, 0.29) is 5.91 Å². The number of carbonyl (C=O) groups excluding carboxylic acids is 1. The predicted octanol–water partition coefficient (Wildman–Crippen LogP) is 1.65. The number of aromatic nitrogens is 2. The van der Waals surface area contributed by atoms with Crippen molar-refractivity contribution in [3.05, 3.63) is 36.2 Å². The number of ether oxygens (including phenoxy) is 1. The molecular formula is C15H20N6O2. The topological polar surface area (TPSA) is 114 Å². The number of nitrogens with one attached hydrogen (secondary N) is 3. The van der Waals surface area contributed by atoms with Crippen LogP contribution in [-0.4, -0.2) is 29.5 Å². The fourth-order valence-electron chi connectivity index (χ4n) is 1.81. The molecule has 0 aliphatic rings. The van der Waals surface area contributed by atoms with Crippen LogP contribution in [-0.2, 0) is 0 Å². The standard InChI is InChI=1S/C15H20N6O2/c1-3-8-17-13-12(16)14(19-9-18-13)20-21-15(22)10-4-6-11(23-2)7-5-10/h4-7,9H,3,8,16H2,1-2H3,(H,21,22)(H2,17,18,19,20). The van der Waals surface area contributed by atoms with Gasteiger partial charge in [-0.1, -0.05) is 6.92 Å². The zero-order chi connectivity index (χ0) is 16.7. The molecule has 1 amide bonds. The average molecular weight is 316 g/mol. The predicted molar refractivity (Wildman–Crippen MR) is 89.3 cm³/mol. The number of benzene rings is 1. The van der Waals surface area contributed by atoms with Crippen LogP contribution in [0.15, 0.2) is 30.6 Å². The van der Waals surface area contributed by atoms with Crippen LogP contribution in [0.5, 0.6) is 5.75 Å². The van der Waals surface area contributed by atoms with Crippen LogP contribution in [0.1, 0.15) is 23.7 Å². The summed E-state index contributed by atoms with van der Waals surface area (Å²) in [6.07, 6.45) is 2.32. The summed E-state index contributed by atoms with van der Waals surface area (Å²) in [7, 11) is 1.57. The van der Waals surface area contributed by atoms with Crippen LogP contribution in [0, 0.1) is 0 Å². The summed E-state index contributed by atoms with van der Waals surface area (Å²) in [5.74, 6) is 1.23. The molecule has 1 aromatic carbocycles. The highest BCUT2D eigenvalue weighted by Gasteiger charge is 2.10. The first kappa shape index (κ1) is 16.3. The Labute approximate surface area is 134 Å². The van der Waals surface area contributed by atoms with E-state index in [2.05, 4.69) is 26.1 Å². The zero-order valence-corrected chi connectivity index (χ0v) is 13.1. The van der Waals surface area contributed by atoms with Gasteiger partial charge in [0.15, 0.2) is 11.6 Å². The van der Waals surface area contributed by atoms with Crippen LogP contribution >= 0.6 is 0 Å². The number of carbonyl (C=O) groups is 1. The summed E-state index contributed by atoms with van der Waals surface area (Å²) in [4.78, 5) is 20.2. The smallest absolute Gasteiger partial charge is 0.269 e. The molecule has 0 saturated carbocycles. The van der Waals surface area contributed by atoms with Crippen molar-refractivity contribution in [1.29, 1.82) is 0 Å². The highest BCUT2D eigenvalue weighted by atomic mass is 16.5. The molecule has 0 radical (unpaired) electrons. The van der Waals surface area contributed by atoms with Gasteiger partial charge >= 0.3 is 0 Å². The Morgan fingerprint density at radius 3 is 2.57 bits per heavy atom. The maximum atomic E-state index is 12.1. The summed E-state index contributed by atoms with van der Waals surface area (Å²) >= 11 is 0. The number of nitrogens with two attached hydrogens (primary N) is 1. The minimum absolute atomic E-state index is 0.311. The number of hydrogen-bond acceptors (Lipinski definition) is 7. The van der Waals surface area contributed by atoms with Gasteiger partial charge in [0.1, 0.15) is 17.8 Å². The zero-order valence-electron chi connectivity index (χ0n) is 13.1. The first-order chi connectivity index (χ1) is 11.2. The number of rotatable bonds is 7. The van der Waals surface area contributed by atoms with Gasteiger partial charge in [-0.3, -0.25) is 15.6 Å². The Balaban J connectivity index is 2.00. The van der Waals surface area contributed by atoms with Gasteiger partial charge in [-0.2, -0.15) is 0 Å². The van der Waals surface area contributed by atoms with E-state index in [4.69, 9.17) is 10.5 Å². The molecule has 0 atom stereocenters. The lowest BCUT2D eigenvalue weighted by Gasteiger charge is -2.12. The van der Waals surface area contributed by atoms with E-state index in [0.29, 0.717) is 28.6 Å². The number of anilines is 3. The van der Waals surface area contributed by atoms with Gasteiger partial charge in [0.2, 0.25) is 0 Å². The van der Waals surface area contributed by atoms with Crippen molar-refractivity contribution in [2.75, 3.05) is 30.1 Å². The summed E-state index contributed by atoms with van der Waals surface area (Å²) in [5.41, 5.74) is 12.1. The monoisotopic (exact) mass is 316 g/mol. The fourth-order valence-corrected chi connectivity index (χ4v) is 1.81. The third-order valence-electron chi connectivity index (χ3n) is 3.07. The molecule has 0 fully saturated rings. The van der Waals surface area contributed by atoms with Gasteiger partial charge in [-0.15, -0.1) is 0 Å². The molecule has 0 saturated heterocycles. The fraction of sp³-hybridized carbons (Fsp3) is 0.267. The lowest BCUT2D eigenvalue weighted by molar-refractivity contribution is 0.0962. The van der Waals surface area contributed by atoms with Gasteiger partial charge in [0.05, 0.1) is 7.11 Å². The third-order valence-corrected chi connectivity index (χ3v) is 3.07. The number of hydrazine groups is 1. The van der Waals surface area contributed by atoms with Crippen molar-refractivity contribution in [2.45, 2.75) is 13.3 Å². The van der Waals surface area contributed by atoms with Crippen LogP contribution in [0.3, 0.4) is 0 Å². The molecular weight excluding hydrogens is 296 g/mol. The molecule has 23 heavy (non-hydrogen) atoms. The molecule has 2 aromatic rings. The average Bonchev–Trinajstić information content (AvgIpc) is 2.59. The highest BCUT2D eigenvalue weighted by Crippen LogP contribution is 2.21. The number of nitrogen functional groups attached to an aromatic ring is 1. The van der Waals surface area contributed by atoms with E-state index in [9.17, 15) is 4.79 Å². The molecule has 8 heteroatoms. The Hall–Kier alpha value is -3.03. The molecule has 0 aliphatic carbocycles. The van der Waals surface area contributed by atoms with Crippen molar-refractivity contribution in [2.24, 2.45) is 0 Å². The molecule has 1 aromatic heterocycles. The van der Waals surface area contributed by atoms with Gasteiger partial charge in [-0.05, 0) is 30.7 Å². The maximum Gasteiger partial charge on any atom is 0.269 e. The molecule has 2 rings (SSSR count). The van der Waals surface area contributed by atoms with Crippen molar-refractivity contribution < 1.29 is 9.53 Å². The summed E-state index contributed by atoms with van der Waals surface area (Å²) in [6.45, 7) is 2.79. The van der Waals surface area contributed by atoms with E-state index in [1.54, 1.807) is 31.4 Å². The normalized spacial score (nSPS) is 10.0. The van der Waals surface area contributed by atoms with Crippen molar-refractivity contribution in [3.8, 4) is 5.75 Å². The Morgan fingerprint density at radius 2 is 1.91 bits per heavy atom. The van der Waals surface area contributed by atoms with E-state index in [1.165, 1.54) is 6.33 Å². The third kappa shape index (κ3) is 4.22. The molecule has 0 aliphatic heterocycles. The molecule has 8 nitrogen and oxygen atoms in total.